The minimum absolute atomic E-state index is 0.156. The maximum atomic E-state index is 9.60. The van der Waals surface area contributed by atoms with E-state index in [1.54, 1.807) is 6.07 Å². The third-order valence-corrected chi connectivity index (χ3v) is 2.94. The minimum atomic E-state index is -0.935. The van der Waals surface area contributed by atoms with E-state index >= 15 is 0 Å². The van der Waals surface area contributed by atoms with E-state index in [4.69, 9.17) is 35.9 Å². The number of carboxylic acid groups (broad SMARTS) is 3. The Morgan fingerprint density at radius 2 is 0.968 bits per heavy atom. The molecule has 0 aliphatic rings. The summed E-state index contributed by atoms with van der Waals surface area (Å²) in [5, 5.41) is 57.2. The quantitative estimate of drug-likeness (QED) is 0.249. The molecule has 0 saturated heterocycles. The number of hydrogen-bond donors (Lipinski definition) is 6. The lowest BCUT2D eigenvalue weighted by Gasteiger charge is -2.24. The van der Waals surface area contributed by atoms with E-state index in [0.29, 0.717) is 6.42 Å². The number of allylic oxidation sites excluding steroid dienone is 1. The van der Waals surface area contributed by atoms with Gasteiger partial charge in [0.2, 0.25) is 0 Å². The molecule has 6 N–H and O–H groups in total. The molecule has 0 aliphatic heterocycles. The highest BCUT2D eigenvalue weighted by molar-refractivity contribution is 5.85. The summed E-state index contributed by atoms with van der Waals surface area (Å²) in [4.78, 5) is 28.8. The van der Waals surface area contributed by atoms with Crippen LogP contribution in [0, 0.1) is 16.7 Å². The molecule has 0 aliphatic carbocycles. The maximum Gasteiger partial charge on any atom is 0.330 e. The first-order valence-electron chi connectivity index (χ1n) is 8.58. The minimum Gasteiger partial charge on any atom is -0.478 e. The van der Waals surface area contributed by atoms with Crippen molar-refractivity contribution in [1.29, 1.82) is 5.26 Å². The lowest BCUT2D eigenvalue weighted by Crippen LogP contribution is -2.32. The number of aliphatic hydroxyl groups excluding tert-OH is 3. The van der Waals surface area contributed by atoms with Gasteiger partial charge in [-0.3, -0.25) is 0 Å². The molecule has 0 spiro atoms. The molecule has 0 heterocycles. The third kappa shape index (κ3) is 34.6. The Labute approximate surface area is 183 Å². The van der Waals surface area contributed by atoms with Gasteiger partial charge in [0, 0.05) is 28.2 Å². The van der Waals surface area contributed by atoms with E-state index < -0.39 is 23.3 Å². The summed E-state index contributed by atoms with van der Waals surface area (Å²) in [6, 6.07) is 1.69. The van der Waals surface area contributed by atoms with Gasteiger partial charge in [-0.1, -0.05) is 33.2 Å². The van der Waals surface area contributed by atoms with Gasteiger partial charge in [0.05, 0.1) is 25.9 Å². The zero-order valence-electron chi connectivity index (χ0n) is 18.6. The molecule has 0 aromatic carbocycles. The molecule has 0 bridgehead atoms. The molecular formula is C21H35NO9. The van der Waals surface area contributed by atoms with Crippen molar-refractivity contribution in [3.8, 4) is 6.07 Å². The SMILES string of the molecule is C=C(C)C(=O)O.C=C(C)C(=O)O.C=C(C)C(=O)O.C=CC#N.CCC(CO)(CO)CO. The van der Waals surface area contributed by atoms with Gasteiger partial charge in [-0.2, -0.15) is 5.26 Å². The maximum absolute atomic E-state index is 9.60. The Balaban J connectivity index is -0.0000000931. The van der Waals surface area contributed by atoms with Crippen molar-refractivity contribution < 1.29 is 45.0 Å². The molecule has 0 rings (SSSR count). The van der Waals surface area contributed by atoms with Crippen LogP contribution >= 0.6 is 0 Å². The fourth-order valence-electron chi connectivity index (χ4n) is 0.485. The summed E-state index contributed by atoms with van der Waals surface area (Å²) in [5.41, 5.74) is -0.139. The zero-order chi connectivity index (χ0) is 26.2. The van der Waals surface area contributed by atoms with E-state index in [2.05, 4.69) is 26.3 Å². The molecule has 0 amide bonds. The predicted octanol–water partition coefficient (Wildman–Crippen LogP) is 2.00. The number of rotatable bonds is 7. The molecule has 0 saturated carbocycles. The number of carboxylic acids is 3. The summed E-state index contributed by atoms with van der Waals surface area (Å²) in [5.74, 6) is -2.81. The lowest BCUT2D eigenvalue weighted by atomic mass is 9.88. The Kier molecular flexibility index (Phi) is 30.7. The van der Waals surface area contributed by atoms with E-state index in [-0.39, 0.29) is 36.5 Å². The van der Waals surface area contributed by atoms with Crippen LogP contribution in [0.25, 0.3) is 0 Å². The summed E-state index contributed by atoms with van der Waals surface area (Å²) in [6.45, 7) is 18.3. The fraction of sp³-hybridized carbons (Fsp3) is 0.429. The lowest BCUT2D eigenvalue weighted by molar-refractivity contribution is -0.133. The monoisotopic (exact) mass is 445 g/mol. The summed E-state index contributed by atoms with van der Waals surface area (Å²) in [6.07, 6.45) is 1.77. The van der Waals surface area contributed by atoms with Crippen LogP contribution in [0.5, 0.6) is 0 Å². The average Bonchev–Trinajstić information content (AvgIpc) is 2.71. The highest BCUT2D eigenvalue weighted by Crippen LogP contribution is 2.18. The second-order valence-corrected chi connectivity index (χ2v) is 5.92. The van der Waals surface area contributed by atoms with Crippen molar-refractivity contribution in [2.75, 3.05) is 19.8 Å². The highest BCUT2D eigenvalue weighted by atomic mass is 16.4. The average molecular weight is 446 g/mol. The number of nitrogens with zero attached hydrogens (tertiary/aromatic N) is 1. The first-order valence-corrected chi connectivity index (χ1v) is 8.58. The van der Waals surface area contributed by atoms with Gasteiger partial charge in [-0.25, -0.2) is 14.4 Å². The van der Waals surface area contributed by atoms with Gasteiger partial charge in [0.1, 0.15) is 0 Å². The van der Waals surface area contributed by atoms with Crippen LogP contribution in [0.1, 0.15) is 34.1 Å². The van der Waals surface area contributed by atoms with Gasteiger partial charge < -0.3 is 30.6 Å². The standard InChI is InChI=1S/C6H14O3.3C4H6O2.C3H3N/c1-2-6(3-7,4-8)5-9;3*1-3(2)4(5)6;1-2-3-4/h7-9H,2-5H2,1H3;3*1H2,2H3,(H,5,6);2H,1H2. The van der Waals surface area contributed by atoms with Gasteiger partial charge in [-0.15, -0.1) is 0 Å². The molecule has 178 valence electrons. The zero-order valence-corrected chi connectivity index (χ0v) is 18.6. The molecule has 0 radical (unpaired) electrons. The fourth-order valence-corrected chi connectivity index (χ4v) is 0.485. The van der Waals surface area contributed by atoms with Crippen LogP contribution in [0.15, 0.2) is 49.1 Å². The van der Waals surface area contributed by atoms with Crippen molar-refractivity contribution in [3.63, 3.8) is 0 Å². The van der Waals surface area contributed by atoms with Crippen LogP contribution in [-0.4, -0.2) is 68.4 Å². The number of hydrogen-bond acceptors (Lipinski definition) is 7. The van der Waals surface area contributed by atoms with Gasteiger partial charge in [0.15, 0.2) is 0 Å². The second kappa shape index (κ2) is 24.8. The Bertz CT molecular complexity index is 517. The first kappa shape index (κ1) is 38.4. The van der Waals surface area contributed by atoms with E-state index in [1.807, 2.05) is 6.92 Å². The first-order chi connectivity index (χ1) is 14.1. The van der Waals surface area contributed by atoms with E-state index in [1.165, 1.54) is 26.8 Å². The third-order valence-electron chi connectivity index (χ3n) is 2.94. The van der Waals surface area contributed by atoms with Crippen molar-refractivity contribution in [1.82, 2.24) is 0 Å². The molecule has 31 heavy (non-hydrogen) atoms. The van der Waals surface area contributed by atoms with Crippen LogP contribution in [-0.2, 0) is 14.4 Å². The molecule has 0 atom stereocenters. The number of carbonyl (C=O) groups is 3. The molecule has 10 nitrogen and oxygen atoms in total. The highest BCUT2D eigenvalue weighted by Gasteiger charge is 2.24. The number of aliphatic hydroxyl groups is 3. The van der Waals surface area contributed by atoms with Crippen LogP contribution in [0.4, 0.5) is 0 Å². The molecule has 10 heteroatoms. The largest absolute Gasteiger partial charge is 0.478 e. The van der Waals surface area contributed by atoms with Crippen molar-refractivity contribution >= 4 is 17.9 Å². The van der Waals surface area contributed by atoms with E-state index in [9.17, 15) is 14.4 Å². The van der Waals surface area contributed by atoms with Crippen LogP contribution in [0.2, 0.25) is 0 Å². The molecule has 0 fully saturated rings. The van der Waals surface area contributed by atoms with Crippen molar-refractivity contribution in [3.05, 3.63) is 49.1 Å². The summed E-state index contributed by atoms with van der Waals surface area (Å²) in [7, 11) is 0. The van der Waals surface area contributed by atoms with Gasteiger partial charge >= 0.3 is 17.9 Å². The summed E-state index contributed by atoms with van der Waals surface area (Å²) >= 11 is 0. The van der Waals surface area contributed by atoms with Gasteiger partial charge in [0.25, 0.3) is 0 Å². The molecular weight excluding hydrogens is 410 g/mol. The smallest absolute Gasteiger partial charge is 0.330 e. The van der Waals surface area contributed by atoms with Crippen LogP contribution in [0.3, 0.4) is 0 Å². The Hall–Kier alpha value is -3.26. The molecule has 0 aromatic heterocycles. The molecule has 0 aromatic rings. The van der Waals surface area contributed by atoms with Crippen molar-refractivity contribution in [2.45, 2.75) is 34.1 Å². The number of nitriles is 1. The van der Waals surface area contributed by atoms with E-state index in [0.717, 1.165) is 0 Å². The van der Waals surface area contributed by atoms with Crippen LogP contribution < -0.4 is 0 Å². The topological polar surface area (TPSA) is 196 Å². The predicted molar refractivity (Wildman–Crippen MR) is 117 cm³/mol. The Morgan fingerprint density at radius 1 is 0.806 bits per heavy atom. The second-order valence-electron chi connectivity index (χ2n) is 5.92. The normalized spacial score (nSPS) is 8.32. The molecule has 0 unspecified atom stereocenters. The summed E-state index contributed by atoms with van der Waals surface area (Å²) < 4.78 is 0. The Morgan fingerprint density at radius 3 is 0.968 bits per heavy atom. The van der Waals surface area contributed by atoms with Crippen molar-refractivity contribution in [2.24, 2.45) is 5.41 Å². The number of aliphatic carboxylic acids is 3. The van der Waals surface area contributed by atoms with Gasteiger partial charge in [-0.05, 0) is 27.2 Å².